The summed E-state index contributed by atoms with van der Waals surface area (Å²) in [5, 5.41) is 0. The normalized spacial score (nSPS) is 11.9. The fourth-order valence-corrected chi connectivity index (χ4v) is 2.06. The van der Waals surface area contributed by atoms with Crippen LogP contribution in [0.3, 0.4) is 0 Å². The van der Waals surface area contributed by atoms with E-state index in [9.17, 15) is 0 Å². The van der Waals surface area contributed by atoms with Crippen molar-refractivity contribution in [1.82, 2.24) is 0 Å². The molecule has 0 aromatic heterocycles. The van der Waals surface area contributed by atoms with E-state index in [0.29, 0.717) is 5.88 Å². The largest absolute Gasteiger partial charge is 0.122 e. The van der Waals surface area contributed by atoms with Crippen molar-refractivity contribution in [2.45, 2.75) is 45.9 Å². The molecule has 1 rings (SSSR count). The molecule has 0 saturated heterocycles. The van der Waals surface area contributed by atoms with Gasteiger partial charge in [-0.1, -0.05) is 32.9 Å². The molecule has 0 heterocycles. The number of aryl methyl sites for hydroxylation is 2. The Morgan fingerprint density at radius 3 is 1.79 bits per heavy atom. The van der Waals surface area contributed by atoms with E-state index < -0.39 is 0 Å². The van der Waals surface area contributed by atoms with Gasteiger partial charge in [0, 0.05) is 5.88 Å². The van der Waals surface area contributed by atoms with Crippen molar-refractivity contribution in [3.8, 4) is 0 Å². The van der Waals surface area contributed by atoms with Crippen LogP contribution in [0, 0.1) is 13.8 Å². The predicted molar refractivity (Wildman–Crippen MR) is 64.2 cm³/mol. The molecule has 0 spiro atoms. The van der Waals surface area contributed by atoms with Crippen LogP contribution in [0.4, 0.5) is 0 Å². The minimum absolute atomic E-state index is 0.223. The maximum absolute atomic E-state index is 5.90. The van der Waals surface area contributed by atoms with Gasteiger partial charge in [-0.2, -0.15) is 0 Å². The summed E-state index contributed by atoms with van der Waals surface area (Å²) in [6, 6.07) is 4.51. The predicted octanol–water partition coefficient (Wildman–Crippen LogP) is 4.34. The van der Waals surface area contributed by atoms with Crippen LogP contribution in [0.25, 0.3) is 0 Å². The first-order valence-electron chi connectivity index (χ1n) is 5.03. The van der Waals surface area contributed by atoms with Crippen molar-refractivity contribution in [1.29, 1.82) is 0 Å². The highest BCUT2D eigenvalue weighted by atomic mass is 35.5. The van der Waals surface area contributed by atoms with E-state index in [-0.39, 0.29) is 5.41 Å². The van der Waals surface area contributed by atoms with Crippen molar-refractivity contribution in [2.75, 3.05) is 0 Å². The van der Waals surface area contributed by atoms with Crippen LogP contribution in [0.1, 0.15) is 43.0 Å². The lowest BCUT2D eigenvalue weighted by Gasteiger charge is -2.21. The van der Waals surface area contributed by atoms with Crippen molar-refractivity contribution in [3.63, 3.8) is 0 Å². The van der Waals surface area contributed by atoms with Crippen LogP contribution in [0.15, 0.2) is 12.1 Å². The Morgan fingerprint density at radius 1 is 1.07 bits per heavy atom. The zero-order valence-electron chi connectivity index (χ0n) is 9.74. The summed E-state index contributed by atoms with van der Waals surface area (Å²) >= 11 is 5.90. The van der Waals surface area contributed by atoms with Gasteiger partial charge in [0.25, 0.3) is 0 Å². The maximum atomic E-state index is 5.90. The van der Waals surface area contributed by atoms with E-state index in [1.54, 1.807) is 0 Å². The second-order valence-electron chi connectivity index (χ2n) is 4.97. The van der Waals surface area contributed by atoms with E-state index >= 15 is 0 Å². The summed E-state index contributed by atoms with van der Waals surface area (Å²) in [6.45, 7) is 11.0. The first-order chi connectivity index (χ1) is 6.36. The average molecular weight is 211 g/mol. The summed E-state index contributed by atoms with van der Waals surface area (Å²) in [5.41, 5.74) is 5.51. The monoisotopic (exact) mass is 210 g/mol. The molecule has 1 aromatic rings. The van der Waals surface area contributed by atoms with Crippen LogP contribution in [-0.2, 0) is 11.3 Å². The molecule has 0 amide bonds. The first kappa shape index (κ1) is 11.6. The molecule has 0 atom stereocenters. The standard InChI is InChI=1S/C13H19Cl/c1-9-6-11(13(3,4)5)7-10(2)12(9)8-14/h6-7H,8H2,1-5H3. The van der Waals surface area contributed by atoms with E-state index in [2.05, 4.69) is 46.8 Å². The van der Waals surface area contributed by atoms with Crippen LogP contribution in [0.2, 0.25) is 0 Å². The molecule has 78 valence electrons. The highest BCUT2D eigenvalue weighted by molar-refractivity contribution is 6.17. The lowest BCUT2D eigenvalue weighted by Crippen LogP contribution is -2.12. The highest BCUT2D eigenvalue weighted by Crippen LogP contribution is 2.27. The molecule has 0 bridgehead atoms. The number of hydrogen-bond acceptors (Lipinski definition) is 0. The summed E-state index contributed by atoms with van der Waals surface area (Å²) in [4.78, 5) is 0. The molecular weight excluding hydrogens is 192 g/mol. The smallest absolute Gasteiger partial charge is 0.0479 e. The van der Waals surface area contributed by atoms with Gasteiger partial charge < -0.3 is 0 Å². The summed E-state index contributed by atoms with van der Waals surface area (Å²) in [7, 11) is 0. The van der Waals surface area contributed by atoms with Gasteiger partial charge >= 0.3 is 0 Å². The van der Waals surface area contributed by atoms with Gasteiger partial charge in [0.2, 0.25) is 0 Å². The molecule has 0 unspecified atom stereocenters. The summed E-state index contributed by atoms with van der Waals surface area (Å²) in [6.07, 6.45) is 0. The second-order valence-corrected chi connectivity index (χ2v) is 5.24. The third-order valence-corrected chi connectivity index (χ3v) is 2.96. The van der Waals surface area contributed by atoms with Crippen LogP contribution in [0.5, 0.6) is 0 Å². The third kappa shape index (κ3) is 2.30. The first-order valence-corrected chi connectivity index (χ1v) is 5.56. The van der Waals surface area contributed by atoms with Crippen LogP contribution in [-0.4, -0.2) is 0 Å². The molecule has 0 aliphatic rings. The van der Waals surface area contributed by atoms with Crippen LogP contribution >= 0.6 is 11.6 Å². The SMILES string of the molecule is Cc1cc(C(C)(C)C)cc(C)c1CCl. The molecule has 0 aliphatic heterocycles. The Kier molecular flexibility index (Phi) is 3.26. The Labute approximate surface area is 92.3 Å². The highest BCUT2D eigenvalue weighted by Gasteiger charge is 2.15. The van der Waals surface area contributed by atoms with Gasteiger partial charge in [0.15, 0.2) is 0 Å². The summed E-state index contributed by atoms with van der Waals surface area (Å²) < 4.78 is 0. The Morgan fingerprint density at radius 2 is 1.50 bits per heavy atom. The molecule has 0 fully saturated rings. The fraction of sp³-hybridized carbons (Fsp3) is 0.538. The van der Waals surface area contributed by atoms with Gasteiger partial charge in [-0.25, -0.2) is 0 Å². The number of halogens is 1. The molecule has 0 N–H and O–H groups in total. The number of alkyl halides is 1. The van der Waals surface area contributed by atoms with Crippen LogP contribution < -0.4 is 0 Å². The Balaban J connectivity index is 3.28. The molecule has 1 heteroatoms. The van der Waals surface area contributed by atoms with Crippen molar-refractivity contribution in [2.24, 2.45) is 0 Å². The lowest BCUT2D eigenvalue weighted by atomic mass is 9.84. The molecule has 0 saturated carbocycles. The van der Waals surface area contributed by atoms with Gasteiger partial charge in [-0.15, -0.1) is 11.6 Å². The molecular formula is C13H19Cl. The average Bonchev–Trinajstić information content (AvgIpc) is 2.01. The van der Waals surface area contributed by atoms with E-state index in [1.807, 2.05) is 0 Å². The van der Waals surface area contributed by atoms with Gasteiger partial charge in [-0.05, 0) is 41.5 Å². The fourth-order valence-electron chi connectivity index (χ4n) is 1.64. The molecule has 0 aliphatic carbocycles. The van der Waals surface area contributed by atoms with Crippen molar-refractivity contribution < 1.29 is 0 Å². The third-order valence-electron chi connectivity index (χ3n) is 2.70. The van der Waals surface area contributed by atoms with E-state index in [1.165, 1.54) is 22.3 Å². The second kappa shape index (κ2) is 3.94. The minimum Gasteiger partial charge on any atom is -0.122 e. The van der Waals surface area contributed by atoms with Gasteiger partial charge in [-0.3, -0.25) is 0 Å². The number of hydrogen-bond donors (Lipinski definition) is 0. The Hall–Kier alpha value is -0.490. The minimum atomic E-state index is 0.223. The summed E-state index contributed by atoms with van der Waals surface area (Å²) in [5.74, 6) is 0.613. The molecule has 0 nitrogen and oxygen atoms in total. The lowest BCUT2D eigenvalue weighted by molar-refractivity contribution is 0.589. The zero-order valence-corrected chi connectivity index (χ0v) is 10.5. The van der Waals surface area contributed by atoms with Crippen molar-refractivity contribution in [3.05, 3.63) is 34.4 Å². The molecule has 1 aromatic carbocycles. The van der Waals surface area contributed by atoms with Gasteiger partial charge in [0.05, 0.1) is 0 Å². The van der Waals surface area contributed by atoms with Crippen molar-refractivity contribution >= 4 is 11.6 Å². The number of benzene rings is 1. The molecule has 0 radical (unpaired) electrons. The maximum Gasteiger partial charge on any atom is 0.0479 e. The Bertz CT molecular complexity index is 309. The van der Waals surface area contributed by atoms with E-state index in [0.717, 1.165) is 0 Å². The quantitative estimate of drug-likeness (QED) is 0.605. The van der Waals surface area contributed by atoms with Gasteiger partial charge in [0.1, 0.15) is 0 Å². The topological polar surface area (TPSA) is 0 Å². The molecule has 14 heavy (non-hydrogen) atoms. The number of rotatable bonds is 1. The zero-order chi connectivity index (χ0) is 10.9. The van der Waals surface area contributed by atoms with E-state index in [4.69, 9.17) is 11.6 Å².